The van der Waals surface area contributed by atoms with E-state index in [0.717, 1.165) is 6.54 Å². The predicted molar refractivity (Wildman–Crippen MR) is 98.9 cm³/mol. The lowest BCUT2D eigenvalue weighted by molar-refractivity contribution is 0.0931. The second-order valence-electron chi connectivity index (χ2n) is 6.16. The number of aromatic nitrogens is 1. The fourth-order valence-corrected chi connectivity index (χ4v) is 3.00. The maximum atomic E-state index is 12.3. The molecular formula is C17H22IN3O2. The Morgan fingerprint density at radius 2 is 2.04 bits per heavy atom. The zero-order chi connectivity index (χ0) is 16.9. The van der Waals surface area contributed by atoms with Crippen LogP contribution in [0.2, 0.25) is 0 Å². The Kier molecular flexibility index (Phi) is 6.17. The minimum Gasteiger partial charge on any atom is -0.360 e. The van der Waals surface area contributed by atoms with E-state index in [1.807, 2.05) is 32.3 Å². The summed E-state index contributed by atoms with van der Waals surface area (Å²) >= 11 is 2.17. The summed E-state index contributed by atoms with van der Waals surface area (Å²) < 4.78 is 5.78. The molecule has 0 aliphatic rings. The van der Waals surface area contributed by atoms with E-state index in [2.05, 4.69) is 57.0 Å². The van der Waals surface area contributed by atoms with Crippen LogP contribution in [0, 0.1) is 0 Å². The number of hydrogen-bond acceptors (Lipinski definition) is 4. The van der Waals surface area contributed by atoms with E-state index < -0.39 is 0 Å². The summed E-state index contributed by atoms with van der Waals surface area (Å²) in [5.74, 6) is 0.501. The maximum absolute atomic E-state index is 12.3. The van der Waals surface area contributed by atoms with E-state index in [-0.39, 0.29) is 11.3 Å². The van der Waals surface area contributed by atoms with Gasteiger partial charge in [0.1, 0.15) is 5.76 Å². The SMILES string of the molecule is CN(C)CC(C)(CNC(=O)c1cc(CI)on1)c1ccccc1. The van der Waals surface area contributed by atoms with Crippen molar-refractivity contribution in [3.05, 3.63) is 53.4 Å². The quantitative estimate of drug-likeness (QED) is 0.546. The molecule has 0 saturated heterocycles. The lowest BCUT2D eigenvalue weighted by Crippen LogP contribution is -2.45. The molecule has 0 fully saturated rings. The van der Waals surface area contributed by atoms with Crippen LogP contribution in [0.4, 0.5) is 0 Å². The highest BCUT2D eigenvalue weighted by Crippen LogP contribution is 2.24. The maximum Gasteiger partial charge on any atom is 0.273 e. The van der Waals surface area contributed by atoms with Gasteiger partial charge in [-0.15, -0.1) is 0 Å². The number of likely N-dealkylation sites (N-methyl/N-ethyl adjacent to an activating group) is 1. The summed E-state index contributed by atoms with van der Waals surface area (Å²) in [6, 6.07) is 11.9. The largest absolute Gasteiger partial charge is 0.360 e. The molecule has 0 aliphatic carbocycles. The van der Waals surface area contributed by atoms with Gasteiger partial charge in [-0.25, -0.2) is 0 Å². The molecule has 1 N–H and O–H groups in total. The third kappa shape index (κ3) is 4.78. The Morgan fingerprint density at radius 3 is 2.61 bits per heavy atom. The van der Waals surface area contributed by atoms with Gasteiger partial charge < -0.3 is 14.7 Å². The lowest BCUT2D eigenvalue weighted by atomic mass is 9.82. The first-order valence-electron chi connectivity index (χ1n) is 7.44. The van der Waals surface area contributed by atoms with Crippen molar-refractivity contribution in [2.24, 2.45) is 0 Å². The number of nitrogens with one attached hydrogen (secondary N) is 1. The third-order valence-corrected chi connectivity index (χ3v) is 4.45. The van der Waals surface area contributed by atoms with Crippen molar-refractivity contribution in [3.8, 4) is 0 Å². The van der Waals surface area contributed by atoms with Gasteiger partial charge in [-0.1, -0.05) is 65.0 Å². The molecular weight excluding hydrogens is 405 g/mol. The first kappa shape index (κ1) is 17.9. The summed E-state index contributed by atoms with van der Waals surface area (Å²) in [4.78, 5) is 14.4. The van der Waals surface area contributed by atoms with Gasteiger partial charge in [0.25, 0.3) is 5.91 Å². The zero-order valence-corrected chi connectivity index (χ0v) is 15.8. The normalized spacial score (nSPS) is 13.8. The van der Waals surface area contributed by atoms with Crippen molar-refractivity contribution < 1.29 is 9.32 Å². The molecule has 2 aromatic rings. The number of nitrogens with zero attached hydrogens (tertiary/aromatic N) is 2. The average Bonchev–Trinajstić information content (AvgIpc) is 3.02. The molecule has 1 aromatic heterocycles. The minimum absolute atomic E-state index is 0.184. The van der Waals surface area contributed by atoms with Gasteiger partial charge in [-0.05, 0) is 19.7 Å². The molecule has 1 amide bonds. The van der Waals surface area contributed by atoms with Gasteiger partial charge >= 0.3 is 0 Å². The first-order chi connectivity index (χ1) is 10.9. The zero-order valence-electron chi connectivity index (χ0n) is 13.7. The summed E-state index contributed by atoms with van der Waals surface area (Å²) in [5, 5.41) is 6.81. The van der Waals surface area contributed by atoms with E-state index in [1.54, 1.807) is 6.07 Å². The van der Waals surface area contributed by atoms with Gasteiger partial charge in [0.05, 0.1) is 4.43 Å². The van der Waals surface area contributed by atoms with Gasteiger partial charge in [0, 0.05) is 24.6 Å². The van der Waals surface area contributed by atoms with Crippen LogP contribution in [-0.2, 0) is 9.84 Å². The summed E-state index contributed by atoms with van der Waals surface area (Å²) in [7, 11) is 4.07. The van der Waals surface area contributed by atoms with E-state index in [4.69, 9.17) is 4.52 Å². The number of carbonyl (C=O) groups excluding carboxylic acids is 1. The van der Waals surface area contributed by atoms with Crippen LogP contribution < -0.4 is 5.32 Å². The fraction of sp³-hybridized carbons (Fsp3) is 0.412. The van der Waals surface area contributed by atoms with Crippen molar-refractivity contribution >= 4 is 28.5 Å². The van der Waals surface area contributed by atoms with Crippen molar-refractivity contribution in [1.82, 2.24) is 15.4 Å². The predicted octanol–water partition coefficient (Wildman–Crippen LogP) is 2.86. The number of benzene rings is 1. The molecule has 23 heavy (non-hydrogen) atoms. The van der Waals surface area contributed by atoms with Gasteiger partial charge in [0.2, 0.25) is 0 Å². The van der Waals surface area contributed by atoms with Gasteiger partial charge in [-0.2, -0.15) is 0 Å². The first-order valence-corrected chi connectivity index (χ1v) is 8.97. The Bertz CT molecular complexity index is 642. The van der Waals surface area contributed by atoms with Crippen LogP contribution in [-0.4, -0.2) is 43.1 Å². The van der Waals surface area contributed by atoms with Gasteiger partial charge in [0.15, 0.2) is 5.69 Å². The van der Waals surface area contributed by atoms with Crippen molar-refractivity contribution in [2.75, 3.05) is 27.2 Å². The monoisotopic (exact) mass is 427 g/mol. The average molecular weight is 427 g/mol. The van der Waals surface area contributed by atoms with Crippen molar-refractivity contribution in [2.45, 2.75) is 16.8 Å². The fourth-order valence-electron chi connectivity index (χ4n) is 2.64. The summed E-state index contributed by atoms with van der Waals surface area (Å²) in [5.41, 5.74) is 1.34. The number of halogens is 1. The molecule has 1 heterocycles. The Labute approximate surface area is 150 Å². The number of carbonyl (C=O) groups is 1. The Balaban J connectivity index is 2.10. The van der Waals surface area contributed by atoms with E-state index in [0.29, 0.717) is 22.4 Å². The van der Waals surface area contributed by atoms with Crippen LogP contribution in [0.15, 0.2) is 40.9 Å². The number of hydrogen-bond donors (Lipinski definition) is 1. The lowest BCUT2D eigenvalue weighted by Gasteiger charge is -2.33. The highest BCUT2D eigenvalue weighted by Gasteiger charge is 2.28. The molecule has 1 atom stereocenters. The molecule has 0 saturated carbocycles. The van der Waals surface area contributed by atoms with Crippen LogP contribution in [0.1, 0.15) is 28.7 Å². The van der Waals surface area contributed by atoms with Crippen LogP contribution >= 0.6 is 22.6 Å². The molecule has 1 aromatic carbocycles. The highest BCUT2D eigenvalue weighted by molar-refractivity contribution is 14.1. The summed E-state index contributed by atoms with van der Waals surface area (Å²) in [6.45, 7) is 3.51. The highest BCUT2D eigenvalue weighted by atomic mass is 127. The molecule has 0 aliphatic heterocycles. The Hall–Kier alpha value is -1.41. The smallest absolute Gasteiger partial charge is 0.273 e. The van der Waals surface area contributed by atoms with Crippen LogP contribution in [0.3, 0.4) is 0 Å². The molecule has 5 nitrogen and oxygen atoms in total. The molecule has 124 valence electrons. The molecule has 6 heteroatoms. The standard InChI is InChI=1S/C17H22IN3O2/c1-17(12-21(2)3,13-7-5-4-6-8-13)11-19-16(22)15-9-14(10-18)23-20-15/h4-9H,10-12H2,1-3H3,(H,19,22). The number of alkyl halides is 1. The number of amides is 1. The van der Waals surface area contributed by atoms with Crippen LogP contribution in [0.25, 0.3) is 0 Å². The molecule has 1 unspecified atom stereocenters. The number of rotatable bonds is 7. The second kappa shape index (κ2) is 7.92. The topological polar surface area (TPSA) is 58.4 Å². The van der Waals surface area contributed by atoms with Crippen molar-refractivity contribution in [3.63, 3.8) is 0 Å². The second-order valence-corrected chi connectivity index (χ2v) is 6.92. The molecule has 2 rings (SSSR count). The van der Waals surface area contributed by atoms with E-state index >= 15 is 0 Å². The van der Waals surface area contributed by atoms with Crippen molar-refractivity contribution in [1.29, 1.82) is 0 Å². The molecule has 0 radical (unpaired) electrons. The van der Waals surface area contributed by atoms with Gasteiger partial charge in [-0.3, -0.25) is 4.79 Å². The molecule has 0 bridgehead atoms. The van der Waals surface area contributed by atoms with E-state index in [9.17, 15) is 4.79 Å². The van der Waals surface area contributed by atoms with E-state index in [1.165, 1.54) is 5.56 Å². The third-order valence-electron chi connectivity index (χ3n) is 3.70. The minimum atomic E-state index is -0.203. The Morgan fingerprint density at radius 1 is 1.35 bits per heavy atom. The molecule has 0 spiro atoms. The summed E-state index contributed by atoms with van der Waals surface area (Å²) in [6.07, 6.45) is 0. The van der Waals surface area contributed by atoms with Crippen LogP contribution in [0.5, 0.6) is 0 Å².